The number of oxime groups is 1. The summed E-state index contributed by atoms with van der Waals surface area (Å²) >= 11 is 0. The van der Waals surface area contributed by atoms with E-state index >= 15 is 0 Å². The molecule has 0 radical (unpaired) electrons. The second kappa shape index (κ2) is 10.5. The van der Waals surface area contributed by atoms with Crippen LogP contribution in [0.15, 0.2) is 53.7 Å². The summed E-state index contributed by atoms with van der Waals surface area (Å²) in [6.07, 6.45) is 1.62. The van der Waals surface area contributed by atoms with Gasteiger partial charge in [0.25, 0.3) is 0 Å². The molecule has 0 unspecified atom stereocenters. The molecule has 0 amide bonds. The molecule has 0 aliphatic rings. The average molecular weight is 405 g/mol. The van der Waals surface area contributed by atoms with Crippen molar-refractivity contribution in [3.63, 3.8) is 0 Å². The molecule has 0 fully saturated rings. The van der Waals surface area contributed by atoms with Crippen molar-refractivity contribution < 1.29 is 9.57 Å². The van der Waals surface area contributed by atoms with Crippen molar-refractivity contribution in [3.05, 3.63) is 71.3 Å². The predicted molar refractivity (Wildman–Crippen MR) is 119 cm³/mol. The van der Waals surface area contributed by atoms with Crippen molar-refractivity contribution in [1.29, 1.82) is 0 Å². The van der Waals surface area contributed by atoms with Gasteiger partial charge < -0.3 is 9.57 Å². The zero-order chi connectivity index (χ0) is 21.3. The molecule has 0 bridgehead atoms. The van der Waals surface area contributed by atoms with Crippen LogP contribution in [-0.4, -0.2) is 33.9 Å². The number of hydrogen-bond donors (Lipinski definition) is 0. The molecule has 3 aromatic rings. The highest BCUT2D eigenvalue weighted by Crippen LogP contribution is 2.22. The van der Waals surface area contributed by atoms with E-state index in [2.05, 4.69) is 15.1 Å². The summed E-state index contributed by atoms with van der Waals surface area (Å²) in [6.45, 7) is 8.94. The van der Waals surface area contributed by atoms with Crippen LogP contribution in [0.2, 0.25) is 0 Å². The fourth-order valence-corrected chi connectivity index (χ4v) is 3.03. The molecule has 6 nitrogen and oxygen atoms in total. The third kappa shape index (κ3) is 6.11. The van der Waals surface area contributed by atoms with Crippen molar-refractivity contribution in [2.24, 2.45) is 5.16 Å². The summed E-state index contributed by atoms with van der Waals surface area (Å²) in [4.78, 5) is 19.3. The molecule has 0 aromatic carbocycles. The molecule has 0 saturated carbocycles. The molecule has 156 valence electrons. The molecule has 6 heteroatoms. The Kier molecular flexibility index (Phi) is 7.49. The molecule has 0 saturated heterocycles. The van der Waals surface area contributed by atoms with Crippen LogP contribution in [-0.2, 0) is 11.3 Å². The predicted octanol–water partition coefficient (Wildman–Crippen LogP) is 4.93. The van der Waals surface area contributed by atoms with Gasteiger partial charge >= 0.3 is 0 Å². The summed E-state index contributed by atoms with van der Waals surface area (Å²) in [5, 5.41) is 4.18. The number of nitrogens with zero attached hydrogens (tertiary/aromatic N) is 4. The summed E-state index contributed by atoms with van der Waals surface area (Å²) < 4.78 is 5.63. The second-order valence-corrected chi connectivity index (χ2v) is 7.05. The van der Waals surface area contributed by atoms with Crippen LogP contribution in [0.25, 0.3) is 11.4 Å². The van der Waals surface area contributed by atoms with Crippen LogP contribution < -0.4 is 4.74 Å². The molecule has 3 heterocycles. The Bertz CT molecular complexity index is 1020. The maximum Gasteiger partial charge on any atom is 0.123 e. The van der Waals surface area contributed by atoms with E-state index in [1.807, 2.05) is 76.2 Å². The van der Waals surface area contributed by atoms with Gasteiger partial charge in [0.1, 0.15) is 18.1 Å². The Hall–Kier alpha value is -3.28. The normalized spacial score (nSPS) is 11.4. The maximum atomic E-state index is 5.63. The third-order valence-corrected chi connectivity index (χ3v) is 4.44. The fourth-order valence-electron chi connectivity index (χ4n) is 3.03. The van der Waals surface area contributed by atoms with Crippen LogP contribution >= 0.6 is 0 Å². The third-order valence-electron chi connectivity index (χ3n) is 4.44. The zero-order valence-corrected chi connectivity index (χ0v) is 18.1. The number of ether oxygens (including phenoxy) is 1. The number of rotatable bonds is 9. The van der Waals surface area contributed by atoms with Crippen molar-refractivity contribution >= 4 is 5.71 Å². The quantitative estimate of drug-likeness (QED) is 0.287. The summed E-state index contributed by atoms with van der Waals surface area (Å²) in [7, 11) is 0. The molecule has 30 heavy (non-hydrogen) atoms. The van der Waals surface area contributed by atoms with Crippen molar-refractivity contribution in [3.8, 4) is 17.1 Å². The SMILES string of the molecule is CCOc1cc(C)nc(-c2cccc(CCCON=C(C)c3cccc(C)n3)n2)c1. The summed E-state index contributed by atoms with van der Waals surface area (Å²) in [5.41, 5.74) is 6.14. The van der Waals surface area contributed by atoms with E-state index < -0.39 is 0 Å². The van der Waals surface area contributed by atoms with Gasteiger partial charge in [-0.05, 0) is 64.8 Å². The first kappa shape index (κ1) is 21.4. The second-order valence-electron chi connectivity index (χ2n) is 7.05. The number of pyridine rings is 3. The number of hydrogen-bond acceptors (Lipinski definition) is 6. The fraction of sp³-hybridized carbons (Fsp3) is 0.333. The van der Waals surface area contributed by atoms with Crippen molar-refractivity contribution in [2.75, 3.05) is 13.2 Å². The van der Waals surface area contributed by atoms with Gasteiger partial charge in [-0.2, -0.15) is 0 Å². The Morgan fingerprint density at radius 3 is 2.57 bits per heavy atom. The average Bonchev–Trinajstić information content (AvgIpc) is 2.73. The lowest BCUT2D eigenvalue weighted by molar-refractivity contribution is 0.141. The van der Waals surface area contributed by atoms with Gasteiger partial charge in [0.15, 0.2) is 0 Å². The lowest BCUT2D eigenvalue weighted by Crippen LogP contribution is -2.02. The highest BCUT2D eigenvalue weighted by molar-refractivity contribution is 5.96. The van der Waals surface area contributed by atoms with Crippen LogP contribution in [0.3, 0.4) is 0 Å². The zero-order valence-electron chi connectivity index (χ0n) is 18.1. The van der Waals surface area contributed by atoms with Gasteiger partial charge in [-0.1, -0.05) is 17.3 Å². The van der Waals surface area contributed by atoms with Gasteiger partial charge in [0.05, 0.1) is 23.7 Å². The van der Waals surface area contributed by atoms with Gasteiger partial charge in [-0.15, -0.1) is 0 Å². The molecule has 3 rings (SSSR count). The topological polar surface area (TPSA) is 69.5 Å². The van der Waals surface area contributed by atoms with Crippen LogP contribution in [0.1, 0.15) is 43.0 Å². The van der Waals surface area contributed by atoms with E-state index in [1.54, 1.807) is 0 Å². The Morgan fingerprint density at radius 2 is 1.77 bits per heavy atom. The molecule has 0 spiro atoms. The van der Waals surface area contributed by atoms with E-state index in [-0.39, 0.29) is 0 Å². The Labute approximate surface area is 178 Å². The number of aryl methyl sites for hydroxylation is 3. The molecule has 3 aromatic heterocycles. The minimum absolute atomic E-state index is 0.520. The highest BCUT2D eigenvalue weighted by atomic mass is 16.6. The van der Waals surface area contributed by atoms with Crippen molar-refractivity contribution in [1.82, 2.24) is 15.0 Å². The Balaban J connectivity index is 1.57. The molecule has 0 aliphatic carbocycles. The molecule has 0 N–H and O–H groups in total. The van der Waals surface area contributed by atoms with Gasteiger partial charge in [-0.25, -0.2) is 0 Å². The first-order chi connectivity index (χ1) is 14.5. The molecule has 0 atom stereocenters. The van der Waals surface area contributed by atoms with E-state index in [1.165, 1.54) is 0 Å². The van der Waals surface area contributed by atoms with E-state index in [0.717, 1.165) is 58.5 Å². The Morgan fingerprint density at radius 1 is 0.933 bits per heavy atom. The van der Waals surface area contributed by atoms with Gasteiger partial charge in [0, 0.05) is 29.2 Å². The smallest absolute Gasteiger partial charge is 0.123 e. The maximum absolute atomic E-state index is 5.63. The molecular formula is C24H28N4O2. The van der Waals surface area contributed by atoms with Crippen LogP contribution in [0.4, 0.5) is 0 Å². The minimum Gasteiger partial charge on any atom is -0.494 e. The lowest BCUT2D eigenvalue weighted by atomic mass is 10.1. The van der Waals surface area contributed by atoms with Crippen LogP contribution in [0, 0.1) is 13.8 Å². The summed E-state index contributed by atoms with van der Waals surface area (Å²) in [6, 6.07) is 15.7. The highest BCUT2D eigenvalue weighted by Gasteiger charge is 2.07. The standard InChI is InChI=1S/C24H28N4O2/c1-5-29-21-15-18(3)26-24(16-21)23-13-7-10-20(27-23)11-8-14-30-28-19(4)22-12-6-9-17(2)25-22/h6-7,9-10,12-13,15-16H,5,8,11,14H2,1-4H3. The van der Waals surface area contributed by atoms with E-state index in [0.29, 0.717) is 13.2 Å². The molecular weight excluding hydrogens is 376 g/mol. The first-order valence-corrected chi connectivity index (χ1v) is 10.2. The first-order valence-electron chi connectivity index (χ1n) is 10.2. The van der Waals surface area contributed by atoms with Crippen molar-refractivity contribution in [2.45, 2.75) is 40.5 Å². The number of aromatic nitrogens is 3. The largest absolute Gasteiger partial charge is 0.494 e. The van der Waals surface area contributed by atoms with Gasteiger partial charge in [-0.3, -0.25) is 15.0 Å². The van der Waals surface area contributed by atoms with E-state index in [9.17, 15) is 0 Å². The monoisotopic (exact) mass is 404 g/mol. The van der Waals surface area contributed by atoms with Gasteiger partial charge in [0.2, 0.25) is 0 Å². The lowest BCUT2D eigenvalue weighted by Gasteiger charge is -2.08. The summed E-state index contributed by atoms with van der Waals surface area (Å²) in [5.74, 6) is 0.817. The van der Waals surface area contributed by atoms with E-state index in [4.69, 9.17) is 14.6 Å². The molecule has 0 aliphatic heterocycles. The van der Waals surface area contributed by atoms with Crippen LogP contribution in [0.5, 0.6) is 5.75 Å². The minimum atomic E-state index is 0.520.